The fourth-order valence-corrected chi connectivity index (χ4v) is 1.93. The summed E-state index contributed by atoms with van der Waals surface area (Å²) in [6.45, 7) is 0. The van der Waals surface area contributed by atoms with Crippen molar-refractivity contribution in [3.8, 4) is 11.5 Å². The van der Waals surface area contributed by atoms with Gasteiger partial charge in [-0.15, -0.1) is 0 Å². The van der Waals surface area contributed by atoms with Gasteiger partial charge in [0.2, 0.25) is 0 Å². The van der Waals surface area contributed by atoms with Crippen LogP contribution < -0.4 is 9.47 Å². The molecule has 4 heteroatoms. The van der Waals surface area contributed by atoms with Crippen LogP contribution in [-0.2, 0) is 6.42 Å². The lowest BCUT2D eigenvalue weighted by Gasteiger charge is -2.10. The summed E-state index contributed by atoms with van der Waals surface area (Å²) < 4.78 is 36.6. The molecule has 0 N–H and O–H groups in total. The van der Waals surface area contributed by atoms with Gasteiger partial charge in [0.1, 0.15) is 23.1 Å². The number of ether oxygens (including phenoxy) is 2. The van der Waals surface area contributed by atoms with Crippen molar-refractivity contribution in [2.24, 2.45) is 0 Å². The van der Waals surface area contributed by atoms with Crippen molar-refractivity contribution in [2.75, 3.05) is 14.2 Å². The molecular formula is C15H14F2O2. The lowest BCUT2D eigenvalue weighted by molar-refractivity contribution is 0.391. The number of methoxy groups -OCH3 is 2. The van der Waals surface area contributed by atoms with Gasteiger partial charge in [-0.25, -0.2) is 8.78 Å². The number of hydrogen-bond donors (Lipinski definition) is 0. The van der Waals surface area contributed by atoms with Crippen LogP contribution >= 0.6 is 0 Å². The number of halogens is 2. The van der Waals surface area contributed by atoms with Gasteiger partial charge in [-0.1, -0.05) is 6.07 Å². The zero-order chi connectivity index (χ0) is 13.8. The smallest absolute Gasteiger partial charge is 0.126 e. The second-order valence-electron chi connectivity index (χ2n) is 4.13. The monoisotopic (exact) mass is 264 g/mol. The minimum absolute atomic E-state index is 0.391. The van der Waals surface area contributed by atoms with E-state index >= 15 is 0 Å². The van der Waals surface area contributed by atoms with E-state index in [9.17, 15) is 8.78 Å². The molecule has 2 aromatic rings. The summed E-state index contributed by atoms with van der Waals surface area (Å²) >= 11 is 0. The Bertz CT molecular complexity index is 562. The van der Waals surface area contributed by atoms with Gasteiger partial charge in [0, 0.05) is 18.6 Å². The first-order valence-electron chi connectivity index (χ1n) is 5.78. The summed E-state index contributed by atoms with van der Waals surface area (Å²) in [6.07, 6.45) is 0.391. The molecule has 2 aromatic carbocycles. The van der Waals surface area contributed by atoms with E-state index in [1.165, 1.54) is 12.1 Å². The van der Waals surface area contributed by atoms with Gasteiger partial charge in [0.25, 0.3) is 0 Å². The van der Waals surface area contributed by atoms with Gasteiger partial charge < -0.3 is 9.47 Å². The molecule has 0 atom stereocenters. The first-order valence-corrected chi connectivity index (χ1v) is 5.78. The van der Waals surface area contributed by atoms with Crippen molar-refractivity contribution in [2.45, 2.75) is 6.42 Å². The van der Waals surface area contributed by atoms with Crippen molar-refractivity contribution < 1.29 is 18.3 Å². The highest BCUT2D eigenvalue weighted by molar-refractivity contribution is 5.43. The Labute approximate surface area is 110 Å². The Balaban J connectivity index is 2.32. The lowest BCUT2D eigenvalue weighted by atomic mass is 10.0. The molecule has 0 aliphatic carbocycles. The average molecular weight is 264 g/mol. The van der Waals surface area contributed by atoms with Crippen LogP contribution in [0.25, 0.3) is 0 Å². The van der Waals surface area contributed by atoms with E-state index in [1.807, 2.05) is 6.07 Å². The molecule has 100 valence electrons. The van der Waals surface area contributed by atoms with E-state index in [1.54, 1.807) is 26.4 Å². The standard InChI is InChI=1S/C15H14F2O2/c1-18-14-4-3-11(15(9-14)19-2)5-10-6-12(16)8-13(17)7-10/h3-4,6-9H,5H2,1-2H3. The Morgan fingerprint density at radius 1 is 0.895 bits per heavy atom. The first-order chi connectivity index (χ1) is 9.12. The maximum atomic E-state index is 13.1. The molecular weight excluding hydrogens is 250 g/mol. The fraction of sp³-hybridized carbons (Fsp3) is 0.200. The van der Waals surface area contributed by atoms with Crippen LogP contribution in [0.4, 0.5) is 8.78 Å². The van der Waals surface area contributed by atoms with Gasteiger partial charge in [-0.2, -0.15) is 0 Å². The summed E-state index contributed by atoms with van der Waals surface area (Å²) in [4.78, 5) is 0. The zero-order valence-electron chi connectivity index (χ0n) is 10.7. The molecule has 0 fully saturated rings. The van der Waals surface area contributed by atoms with Gasteiger partial charge in [-0.3, -0.25) is 0 Å². The summed E-state index contributed by atoms with van der Waals surface area (Å²) in [5.74, 6) is 0.139. The fourth-order valence-electron chi connectivity index (χ4n) is 1.93. The molecule has 0 unspecified atom stereocenters. The third-order valence-corrected chi connectivity index (χ3v) is 2.81. The van der Waals surface area contributed by atoms with Crippen LogP contribution in [0.1, 0.15) is 11.1 Å². The summed E-state index contributed by atoms with van der Waals surface area (Å²) in [5.41, 5.74) is 1.40. The van der Waals surface area contributed by atoms with E-state index in [-0.39, 0.29) is 0 Å². The SMILES string of the molecule is COc1ccc(Cc2cc(F)cc(F)c2)c(OC)c1. The van der Waals surface area contributed by atoms with E-state index in [0.29, 0.717) is 23.5 Å². The largest absolute Gasteiger partial charge is 0.497 e. The van der Waals surface area contributed by atoms with E-state index < -0.39 is 11.6 Å². The zero-order valence-corrected chi connectivity index (χ0v) is 10.7. The molecule has 0 radical (unpaired) electrons. The molecule has 0 bridgehead atoms. The minimum atomic E-state index is -0.581. The Morgan fingerprint density at radius 3 is 2.16 bits per heavy atom. The second-order valence-corrected chi connectivity index (χ2v) is 4.13. The van der Waals surface area contributed by atoms with Crippen LogP contribution in [0.5, 0.6) is 11.5 Å². The van der Waals surface area contributed by atoms with Crippen molar-refractivity contribution in [3.63, 3.8) is 0 Å². The van der Waals surface area contributed by atoms with Crippen molar-refractivity contribution in [1.29, 1.82) is 0 Å². The number of benzene rings is 2. The van der Waals surface area contributed by atoms with Crippen LogP contribution in [0.15, 0.2) is 36.4 Å². The van der Waals surface area contributed by atoms with Gasteiger partial charge in [0.15, 0.2) is 0 Å². The minimum Gasteiger partial charge on any atom is -0.497 e. The van der Waals surface area contributed by atoms with Gasteiger partial charge in [0.05, 0.1) is 14.2 Å². The lowest BCUT2D eigenvalue weighted by Crippen LogP contribution is -1.96. The predicted molar refractivity (Wildman–Crippen MR) is 68.7 cm³/mol. The third kappa shape index (κ3) is 3.22. The average Bonchev–Trinajstić information content (AvgIpc) is 2.38. The molecule has 19 heavy (non-hydrogen) atoms. The highest BCUT2D eigenvalue weighted by Gasteiger charge is 2.08. The maximum absolute atomic E-state index is 13.1. The van der Waals surface area contributed by atoms with E-state index in [0.717, 1.165) is 11.6 Å². The second kappa shape index (κ2) is 5.69. The van der Waals surface area contributed by atoms with Crippen LogP contribution in [0.3, 0.4) is 0 Å². The van der Waals surface area contributed by atoms with Gasteiger partial charge >= 0.3 is 0 Å². The Morgan fingerprint density at radius 2 is 1.58 bits per heavy atom. The topological polar surface area (TPSA) is 18.5 Å². The summed E-state index contributed by atoms with van der Waals surface area (Å²) in [5, 5.41) is 0. The number of hydrogen-bond acceptors (Lipinski definition) is 2. The molecule has 0 saturated carbocycles. The Kier molecular flexibility index (Phi) is 4.00. The third-order valence-electron chi connectivity index (χ3n) is 2.81. The molecule has 0 aliphatic heterocycles. The van der Waals surface area contributed by atoms with Crippen molar-refractivity contribution in [3.05, 3.63) is 59.2 Å². The highest BCUT2D eigenvalue weighted by Crippen LogP contribution is 2.27. The number of rotatable bonds is 4. The van der Waals surface area contributed by atoms with E-state index in [2.05, 4.69) is 0 Å². The summed E-state index contributed by atoms with van der Waals surface area (Å²) in [7, 11) is 3.11. The van der Waals surface area contributed by atoms with Crippen LogP contribution in [-0.4, -0.2) is 14.2 Å². The van der Waals surface area contributed by atoms with Crippen molar-refractivity contribution in [1.82, 2.24) is 0 Å². The van der Waals surface area contributed by atoms with Gasteiger partial charge in [-0.05, 0) is 29.3 Å². The van der Waals surface area contributed by atoms with Crippen LogP contribution in [0, 0.1) is 11.6 Å². The quantitative estimate of drug-likeness (QED) is 0.840. The van der Waals surface area contributed by atoms with Crippen LogP contribution in [0.2, 0.25) is 0 Å². The molecule has 0 saturated heterocycles. The molecule has 0 aliphatic rings. The summed E-state index contributed by atoms with van der Waals surface area (Å²) in [6, 6.07) is 8.83. The predicted octanol–water partition coefficient (Wildman–Crippen LogP) is 3.57. The van der Waals surface area contributed by atoms with E-state index in [4.69, 9.17) is 9.47 Å². The molecule has 0 spiro atoms. The normalized spacial score (nSPS) is 10.3. The molecule has 0 heterocycles. The molecule has 0 amide bonds. The first kappa shape index (κ1) is 13.3. The molecule has 2 nitrogen and oxygen atoms in total. The highest BCUT2D eigenvalue weighted by atomic mass is 19.1. The molecule has 2 rings (SSSR count). The Hall–Kier alpha value is -2.10. The van der Waals surface area contributed by atoms with Crippen molar-refractivity contribution >= 4 is 0 Å². The maximum Gasteiger partial charge on any atom is 0.126 e. The molecule has 0 aromatic heterocycles.